The highest BCUT2D eigenvalue weighted by molar-refractivity contribution is 7.99. The molecule has 1 amide bonds. The van der Waals surface area contributed by atoms with E-state index in [1.165, 1.54) is 4.57 Å². The molecule has 2 fully saturated rings. The second-order valence-corrected chi connectivity index (χ2v) is 8.44. The average molecular weight is 431 g/mol. The Labute approximate surface area is 179 Å². The third-order valence-corrected chi connectivity index (χ3v) is 6.62. The molecule has 0 aliphatic carbocycles. The fraction of sp³-hybridized carbons (Fsp3) is 0.476. The number of carbonyl (C=O) groups is 2. The van der Waals surface area contributed by atoms with E-state index >= 15 is 0 Å². The molecule has 2 aliphatic heterocycles. The number of pyridine rings is 1. The number of thioether (sulfide) groups is 1. The molecular formula is C21H26N4O4S. The van der Waals surface area contributed by atoms with Crippen LogP contribution in [0.4, 0.5) is 5.69 Å². The second-order valence-electron chi connectivity index (χ2n) is 7.41. The van der Waals surface area contributed by atoms with Crippen LogP contribution in [-0.2, 0) is 16.6 Å². The summed E-state index contributed by atoms with van der Waals surface area (Å²) < 4.78 is 6.71. The first-order chi connectivity index (χ1) is 14.5. The van der Waals surface area contributed by atoms with Crippen LogP contribution < -0.4 is 15.8 Å². The fourth-order valence-electron chi connectivity index (χ4n) is 4.12. The van der Waals surface area contributed by atoms with E-state index in [0.29, 0.717) is 31.9 Å². The zero-order valence-corrected chi connectivity index (χ0v) is 18.0. The van der Waals surface area contributed by atoms with Gasteiger partial charge in [0, 0.05) is 50.2 Å². The summed E-state index contributed by atoms with van der Waals surface area (Å²) in [5.74, 6) is 1.12. The molecule has 0 bridgehead atoms. The van der Waals surface area contributed by atoms with Gasteiger partial charge in [-0.1, -0.05) is 18.2 Å². The van der Waals surface area contributed by atoms with E-state index in [1.54, 1.807) is 25.7 Å². The maximum atomic E-state index is 13.1. The van der Waals surface area contributed by atoms with Crippen LogP contribution in [0.3, 0.4) is 0 Å². The predicted molar refractivity (Wildman–Crippen MR) is 118 cm³/mol. The molecule has 9 heteroatoms. The van der Waals surface area contributed by atoms with Crippen molar-refractivity contribution in [2.75, 3.05) is 49.3 Å². The molecule has 1 N–H and O–H groups in total. The molecule has 0 saturated carbocycles. The third kappa shape index (κ3) is 3.67. The Kier molecular flexibility index (Phi) is 6.01. The maximum Gasteiger partial charge on any atom is 0.345 e. The molecule has 2 aromatic rings. The Morgan fingerprint density at radius 2 is 1.93 bits per heavy atom. The van der Waals surface area contributed by atoms with Crippen molar-refractivity contribution < 1.29 is 14.3 Å². The fourth-order valence-corrected chi connectivity index (χ4v) is 5.05. The number of carbonyl (C=O) groups excluding carboxylic acids is 2. The molecule has 0 radical (unpaired) electrons. The van der Waals surface area contributed by atoms with Crippen LogP contribution in [0.1, 0.15) is 17.3 Å². The number of benzene rings is 1. The van der Waals surface area contributed by atoms with E-state index in [0.717, 1.165) is 22.5 Å². The minimum Gasteiger partial charge on any atom is -0.462 e. The number of hydrogen-bond donors (Lipinski definition) is 1. The highest BCUT2D eigenvalue weighted by Crippen LogP contribution is 2.30. The number of nitrogens with one attached hydrogen (secondary N) is 1. The van der Waals surface area contributed by atoms with Gasteiger partial charge in [-0.15, -0.1) is 11.8 Å². The number of piperazine rings is 1. The van der Waals surface area contributed by atoms with Crippen LogP contribution in [0.15, 0.2) is 29.1 Å². The number of para-hydroxylation sites is 1. The lowest BCUT2D eigenvalue weighted by molar-refractivity contribution is -0.132. The average Bonchev–Trinajstić information content (AvgIpc) is 3.31. The molecule has 2 saturated heterocycles. The van der Waals surface area contributed by atoms with E-state index in [1.807, 2.05) is 34.1 Å². The summed E-state index contributed by atoms with van der Waals surface area (Å²) in [5.41, 5.74) is 1.06. The molecule has 3 heterocycles. The Hall–Kier alpha value is -2.52. The molecule has 0 spiro atoms. The van der Waals surface area contributed by atoms with Crippen LogP contribution >= 0.6 is 11.8 Å². The number of aromatic nitrogens is 1. The van der Waals surface area contributed by atoms with Crippen LogP contribution in [0.2, 0.25) is 0 Å². The van der Waals surface area contributed by atoms with Gasteiger partial charge in [0.25, 0.3) is 5.56 Å². The molecule has 30 heavy (non-hydrogen) atoms. The standard InChI is InChI=1S/C21H26N4O4S/c1-3-29-21(28)17-18(14-6-4-5-7-16(14)23(2)20(17)27)24-8-10-25(11-9-24)19(26)15-12-30-13-22-15/h4-7,15,22H,3,8-13H2,1-2H3. The largest absolute Gasteiger partial charge is 0.462 e. The SMILES string of the molecule is CCOC(=O)c1c(N2CCN(C(=O)C3CSCN3)CC2)c2ccccc2n(C)c1=O. The molecule has 160 valence electrons. The van der Waals surface area contributed by atoms with Gasteiger partial charge in [0.15, 0.2) is 0 Å². The number of aryl methyl sites for hydroxylation is 1. The molecule has 2 aliphatic rings. The molecule has 1 aromatic heterocycles. The Bertz CT molecular complexity index is 1020. The van der Waals surface area contributed by atoms with Gasteiger partial charge in [0.2, 0.25) is 5.91 Å². The third-order valence-electron chi connectivity index (χ3n) is 5.68. The Balaban J connectivity index is 1.69. The first-order valence-corrected chi connectivity index (χ1v) is 11.3. The van der Waals surface area contributed by atoms with Crippen LogP contribution in [0.5, 0.6) is 0 Å². The van der Waals surface area contributed by atoms with Gasteiger partial charge in [0.05, 0.1) is 23.9 Å². The van der Waals surface area contributed by atoms with Crippen LogP contribution in [0.25, 0.3) is 10.9 Å². The lowest BCUT2D eigenvalue weighted by Crippen LogP contribution is -2.54. The molecule has 4 rings (SSSR count). The second kappa shape index (κ2) is 8.69. The van der Waals surface area contributed by atoms with Crippen LogP contribution in [0, 0.1) is 0 Å². The first-order valence-electron chi connectivity index (χ1n) is 10.2. The van der Waals surface area contributed by atoms with Gasteiger partial charge in [-0.3, -0.25) is 14.9 Å². The summed E-state index contributed by atoms with van der Waals surface area (Å²) in [6, 6.07) is 7.44. The lowest BCUT2D eigenvalue weighted by Gasteiger charge is -2.38. The van der Waals surface area contributed by atoms with Gasteiger partial charge in [-0.2, -0.15) is 0 Å². The van der Waals surface area contributed by atoms with Crippen molar-refractivity contribution in [2.45, 2.75) is 13.0 Å². The summed E-state index contributed by atoms with van der Waals surface area (Å²) in [5, 5.41) is 4.06. The van der Waals surface area contributed by atoms with E-state index in [4.69, 9.17) is 4.74 Å². The Morgan fingerprint density at radius 3 is 2.60 bits per heavy atom. The molecule has 1 atom stereocenters. The van der Waals surface area contributed by atoms with Crippen molar-refractivity contribution in [3.8, 4) is 0 Å². The lowest BCUT2D eigenvalue weighted by atomic mass is 10.1. The number of rotatable bonds is 4. The summed E-state index contributed by atoms with van der Waals surface area (Å²) in [4.78, 5) is 42.4. The monoisotopic (exact) mass is 430 g/mol. The van der Waals surface area contributed by atoms with Crippen molar-refractivity contribution in [1.82, 2.24) is 14.8 Å². The number of fused-ring (bicyclic) bond motifs is 1. The summed E-state index contributed by atoms with van der Waals surface area (Å²) in [6.07, 6.45) is 0. The van der Waals surface area contributed by atoms with Crippen molar-refractivity contribution >= 4 is 40.2 Å². The molecule has 8 nitrogen and oxygen atoms in total. The van der Waals surface area contributed by atoms with Crippen LogP contribution in [-0.4, -0.2) is 71.8 Å². The van der Waals surface area contributed by atoms with E-state index in [2.05, 4.69) is 5.32 Å². The summed E-state index contributed by atoms with van der Waals surface area (Å²) >= 11 is 1.73. The van der Waals surface area contributed by atoms with Crippen molar-refractivity contribution in [1.29, 1.82) is 0 Å². The topological polar surface area (TPSA) is 83.9 Å². The highest BCUT2D eigenvalue weighted by Gasteiger charge is 2.32. The molecule has 1 unspecified atom stereocenters. The minimum atomic E-state index is -0.607. The van der Waals surface area contributed by atoms with Crippen molar-refractivity contribution in [2.24, 2.45) is 7.05 Å². The summed E-state index contributed by atoms with van der Waals surface area (Å²) in [6.45, 7) is 4.12. The van der Waals surface area contributed by atoms with E-state index in [9.17, 15) is 14.4 Å². The minimum absolute atomic E-state index is 0.0617. The van der Waals surface area contributed by atoms with Gasteiger partial charge in [-0.05, 0) is 13.0 Å². The van der Waals surface area contributed by atoms with Gasteiger partial charge < -0.3 is 19.1 Å². The zero-order chi connectivity index (χ0) is 21.3. The smallest absolute Gasteiger partial charge is 0.345 e. The van der Waals surface area contributed by atoms with E-state index < -0.39 is 5.97 Å². The summed E-state index contributed by atoms with van der Waals surface area (Å²) in [7, 11) is 1.67. The molecular weight excluding hydrogens is 404 g/mol. The number of hydrogen-bond acceptors (Lipinski definition) is 7. The highest BCUT2D eigenvalue weighted by atomic mass is 32.2. The normalized spacial score (nSPS) is 19.3. The van der Waals surface area contributed by atoms with Gasteiger partial charge in [0.1, 0.15) is 5.56 Å². The zero-order valence-electron chi connectivity index (χ0n) is 17.2. The van der Waals surface area contributed by atoms with Gasteiger partial charge >= 0.3 is 5.97 Å². The van der Waals surface area contributed by atoms with Gasteiger partial charge in [-0.25, -0.2) is 4.79 Å². The van der Waals surface area contributed by atoms with Crippen molar-refractivity contribution in [3.63, 3.8) is 0 Å². The number of nitrogens with zero attached hydrogens (tertiary/aromatic N) is 3. The number of esters is 1. The first kappa shape index (κ1) is 20.7. The maximum absolute atomic E-state index is 13.1. The Morgan fingerprint density at radius 1 is 1.20 bits per heavy atom. The number of anilines is 1. The van der Waals surface area contributed by atoms with Crippen molar-refractivity contribution in [3.05, 3.63) is 40.2 Å². The van der Waals surface area contributed by atoms with E-state index in [-0.39, 0.29) is 29.7 Å². The predicted octanol–water partition coefficient (Wildman–Crippen LogP) is 1.03. The molecule has 1 aromatic carbocycles. The number of ether oxygens (including phenoxy) is 1. The quantitative estimate of drug-likeness (QED) is 0.726. The number of amides is 1.